The third kappa shape index (κ3) is 3.86. The number of carbonyl (C=O) groups is 1. The van der Waals surface area contributed by atoms with Crippen LogP contribution in [-0.2, 0) is 10.0 Å². The summed E-state index contributed by atoms with van der Waals surface area (Å²) in [6.07, 6.45) is 1.62. The highest BCUT2D eigenvalue weighted by molar-refractivity contribution is 7.89. The Bertz CT molecular complexity index is 960. The molecule has 1 fully saturated rings. The van der Waals surface area contributed by atoms with Crippen LogP contribution in [0.5, 0.6) is 0 Å². The zero-order valence-corrected chi connectivity index (χ0v) is 15.8. The average Bonchev–Trinajstić information content (AvgIpc) is 3.13. The fourth-order valence-electron chi connectivity index (χ4n) is 2.69. The number of halogens is 3. The van der Waals surface area contributed by atoms with Crippen molar-refractivity contribution in [1.82, 2.24) is 4.31 Å². The van der Waals surface area contributed by atoms with E-state index in [1.54, 1.807) is 0 Å². The Kier molecular flexibility index (Phi) is 5.53. The minimum absolute atomic E-state index is 0.00564. The van der Waals surface area contributed by atoms with Gasteiger partial charge in [0, 0.05) is 18.8 Å². The minimum Gasteiger partial charge on any atom is -0.322 e. The molecule has 0 atom stereocenters. The quantitative estimate of drug-likeness (QED) is 0.812. The van der Waals surface area contributed by atoms with Crippen molar-refractivity contribution in [3.8, 4) is 0 Å². The Balaban J connectivity index is 1.89. The van der Waals surface area contributed by atoms with Crippen molar-refractivity contribution in [2.45, 2.75) is 17.7 Å². The number of carbonyl (C=O) groups excluding carboxylic acids is 1. The Morgan fingerprint density at radius 1 is 1.04 bits per heavy atom. The molecule has 0 bridgehead atoms. The van der Waals surface area contributed by atoms with E-state index in [-0.39, 0.29) is 26.2 Å². The molecule has 0 radical (unpaired) electrons. The number of benzene rings is 2. The van der Waals surface area contributed by atoms with E-state index in [0.717, 1.165) is 18.9 Å². The summed E-state index contributed by atoms with van der Waals surface area (Å²) in [5.41, 5.74) is 0.276. The summed E-state index contributed by atoms with van der Waals surface area (Å²) in [4.78, 5) is 12.5. The Morgan fingerprint density at radius 2 is 1.73 bits per heavy atom. The number of hydrogen-bond acceptors (Lipinski definition) is 3. The van der Waals surface area contributed by atoms with E-state index >= 15 is 0 Å². The highest BCUT2D eigenvalue weighted by Gasteiger charge is 2.28. The van der Waals surface area contributed by atoms with E-state index < -0.39 is 21.7 Å². The third-order valence-corrected chi connectivity index (χ3v) is 6.58. The molecule has 0 spiro atoms. The summed E-state index contributed by atoms with van der Waals surface area (Å²) in [7, 11) is -3.67. The van der Waals surface area contributed by atoms with Gasteiger partial charge in [-0.15, -0.1) is 0 Å². The molecule has 9 heteroatoms. The van der Waals surface area contributed by atoms with Gasteiger partial charge in [-0.1, -0.05) is 23.2 Å². The van der Waals surface area contributed by atoms with Gasteiger partial charge in [0.25, 0.3) is 5.91 Å². The van der Waals surface area contributed by atoms with Crippen LogP contribution in [0.2, 0.25) is 10.0 Å². The number of nitrogens with zero attached hydrogens (tertiary/aromatic N) is 1. The maximum atomic E-state index is 13.2. The van der Waals surface area contributed by atoms with Crippen molar-refractivity contribution in [3.63, 3.8) is 0 Å². The van der Waals surface area contributed by atoms with Gasteiger partial charge in [0.05, 0.1) is 20.5 Å². The predicted molar refractivity (Wildman–Crippen MR) is 98.8 cm³/mol. The smallest absolute Gasteiger partial charge is 0.257 e. The van der Waals surface area contributed by atoms with Crippen LogP contribution in [0, 0.1) is 5.82 Å². The fourth-order valence-corrected chi connectivity index (χ4v) is 4.62. The maximum absolute atomic E-state index is 13.2. The SMILES string of the molecule is O=C(Nc1ccc(F)c(Cl)c1)c1cc(S(=O)(=O)N2CCCC2)ccc1Cl. The number of anilines is 1. The van der Waals surface area contributed by atoms with Gasteiger partial charge in [-0.25, -0.2) is 12.8 Å². The van der Waals surface area contributed by atoms with Gasteiger partial charge in [-0.3, -0.25) is 4.79 Å². The number of hydrogen-bond donors (Lipinski definition) is 1. The zero-order valence-electron chi connectivity index (χ0n) is 13.5. The highest BCUT2D eigenvalue weighted by Crippen LogP contribution is 2.26. The number of rotatable bonds is 4. The van der Waals surface area contributed by atoms with E-state index in [1.165, 1.54) is 34.6 Å². The first-order valence-corrected chi connectivity index (χ1v) is 10.0. The van der Waals surface area contributed by atoms with Crippen LogP contribution >= 0.6 is 23.2 Å². The van der Waals surface area contributed by atoms with E-state index in [2.05, 4.69) is 5.32 Å². The summed E-state index contributed by atoms with van der Waals surface area (Å²) in [5, 5.41) is 2.50. The van der Waals surface area contributed by atoms with Crippen LogP contribution in [0.15, 0.2) is 41.3 Å². The van der Waals surface area contributed by atoms with Gasteiger partial charge < -0.3 is 5.32 Å². The largest absolute Gasteiger partial charge is 0.322 e. The van der Waals surface area contributed by atoms with Crippen molar-refractivity contribution >= 4 is 44.8 Å². The van der Waals surface area contributed by atoms with E-state index in [1.807, 2.05) is 0 Å². The van der Waals surface area contributed by atoms with Crippen molar-refractivity contribution in [2.75, 3.05) is 18.4 Å². The molecule has 1 saturated heterocycles. The van der Waals surface area contributed by atoms with Crippen molar-refractivity contribution in [1.29, 1.82) is 0 Å². The molecule has 0 aliphatic carbocycles. The van der Waals surface area contributed by atoms with Crippen LogP contribution < -0.4 is 5.32 Å². The molecule has 3 rings (SSSR count). The molecule has 1 aliphatic heterocycles. The molecule has 138 valence electrons. The van der Waals surface area contributed by atoms with Gasteiger partial charge in [0.15, 0.2) is 0 Å². The molecule has 1 aliphatic rings. The lowest BCUT2D eigenvalue weighted by Gasteiger charge is -2.16. The minimum atomic E-state index is -3.67. The second-order valence-corrected chi connectivity index (χ2v) is 8.59. The van der Waals surface area contributed by atoms with E-state index in [0.29, 0.717) is 13.1 Å². The monoisotopic (exact) mass is 416 g/mol. The number of amides is 1. The molecule has 2 aromatic rings. The van der Waals surface area contributed by atoms with Gasteiger partial charge in [-0.05, 0) is 49.2 Å². The summed E-state index contributed by atoms with van der Waals surface area (Å²) in [6.45, 7) is 0.918. The van der Waals surface area contributed by atoms with E-state index in [4.69, 9.17) is 23.2 Å². The number of nitrogens with one attached hydrogen (secondary N) is 1. The van der Waals surface area contributed by atoms with Crippen molar-refractivity contribution in [2.24, 2.45) is 0 Å². The van der Waals surface area contributed by atoms with Crippen LogP contribution in [0.1, 0.15) is 23.2 Å². The molecule has 0 saturated carbocycles. The lowest BCUT2D eigenvalue weighted by molar-refractivity contribution is 0.102. The van der Waals surface area contributed by atoms with Gasteiger partial charge >= 0.3 is 0 Å². The zero-order chi connectivity index (χ0) is 18.9. The van der Waals surface area contributed by atoms with Gasteiger partial charge in [0.1, 0.15) is 5.82 Å². The molecule has 26 heavy (non-hydrogen) atoms. The Hall–Kier alpha value is -1.67. The average molecular weight is 417 g/mol. The molecule has 1 N–H and O–H groups in total. The van der Waals surface area contributed by atoms with Crippen LogP contribution in [-0.4, -0.2) is 31.7 Å². The summed E-state index contributed by atoms with van der Waals surface area (Å²) in [5.74, 6) is -1.22. The molecular formula is C17H15Cl2FN2O3S. The standard InChI is InChI=1S/C17H15Cl2FN2O3S/c18-14-5-4-12(26(24,25)22-7-1-2-8-22)10-13(14)17(23)21-11-3-6-16(20)15(19)9-11/h3-6,9-10H,1-2,7-8H2,(H,21,23). The summed E-state index contributed by atoms with van der Waals surface area (Å²) < 4.78 is 39.9. The van der Waals surface area contributed by atoms with Gasteiger partial charge in [0.2, 0.25) is 10.0 Å². The van der Waals surface area contributed by atoms with Gasteiger partial charge in [-0.2, -0.15) is 4.31 Å². The summed E-state index contributed by atoms with van der Waals surface area (Å²) in [6, 6.07) is 7.72. The van der Waals surface area contributed by atoms with Crippen LogP contribution in [0.25, 0.3) is 0 Å². The molecule has 1 heterocycles. The summed E-state index contributed by atoms with van der Waals surface area (Å²) >= 11 is 11.8. The molecule has 0 unspecified atom stereocenters. The first kappa shape index (κ1) is 19.1. The lowest BCUT2D eigenvalue weighted by atomic mass is 10.2. The van der Waals surface area contributed by atoms with Crippen LogP contribution in [0.4, 0.5) is 10.1 Å². The van der Waals surface area contributed by atoms with Crippen molar-refractivity contribution < 1.29 is 17.6 Å². The topological polar surface area (TPSA) is 66.5 Å². The first-order chi connectivity index (χ1) is 12.3. The van der Waals surface area contributed by atoms with Crippen molar-refractivity contribution in [3.05, 3.63) is 57.8 Å². The Labute approximate surface area is 160 Å². The first-order valence-electron chi connectivity index (χ1n) is 7.85. The number of sulfonamides is 1. The predicted octanol–water partition coefficient (Wildman–Crippen LogP) is 4.17. The second-order valence-electron chi connectivity index (χ2n) is 5.84. The highest BCUT2D eigenvalue weighted by atomic mass is 35.5. The molecular weight excluding hydrogens is 402 g/mol. The van der Waals surface area contributed by atoms with E-state index in [9.17, 15) is 17.6 Å². The van der Waals surface area contributed by atoms with Crippen LogP contribution in [0.3, 0.4) is 0 Å². The Morgan fingerprint density at radius 3 is 2.38 bits per heavy atom. The molecule has 5 nitrogen and oxygen atoms in total. The molecule has 2 aromatic carbocycles. The third-order valence-electron chi connectivity index (χ3n) is 4.06. The lowest BCUT2D eigenvalue weighted by Crippen LogP contribution is -2.28. The molecule has 1 amide bonds. The molecule has 0 aromatic heterocycles. The fraction of sp³-hybridized carbons (Fsp3) is 0.235. The normalized spacial score (nSPS) is 15.2. The maximum Gasteiger partial charge on any atom is 0.257 e. The second kappa shape index (κ2) is 7.52.